The molecule has 0 saturated carbocycles. The van der Waals surface area contributed by atoms with Crippen molar-refractivity contribution in [3.05, 3.63) is 53.6 Å². The molecular weight excluding hydrogens is 372 g/mol. The van der Waals surface area contributed by atoms with E-state index in [2.05, 4.69) is 5.32 Å². The molecule has 0 fully saturated rings. The highest BCUT2D eigenvalue weighted by molar-refractivity contribution is 6.09. The molecule has 1 atom stereocenters. The summed E-state index contributed by atoms with van der Waals surface area (Å²) in [4.78, 5) is 26.9. The fraction of sp³-hybridized carbons (Fsp3) is 0.273. The van der Waals surface area contributed by atoms with E-state index in [-0.39, 0.29) is 11.8 Å². The summed E-state index contributed by atoms with van der Waals surface area (Å²) < 4.78 is 16.0. The molecule has 29 heavy (non-hydrogen) atoms. The van der Waals surface area contributed by atoms with Crippen LogP contribution in [0, 0.1) is 0 Å². The van der Waals surface area contributed by atoms with Crippen LogP contribution in [0.1, 0.15) is 11.1 Å². The highest BCUT2D eigenvalue weighted by Crippen LogP contribution is 2.38. The summed E-state index contributed by atoms with van der Waals surface area (Å²) in [5, 5.41) is 2.64. The molecule has 1 aliphatic rings. The number of ether oxygens (including phenoxy) is 3. The van der Waals surface area contributed by atoms with Gasteiger partial charge in [0.05, 0.1) is 21.3 Å². The molecule has 7 nitrogen and oxygen atoms in total. The third-order valence-electron chi connectivity index (χ3n) is 4.87. The average Bonchev–Trinajstić information content (AvgIpc) is 3.15. The van der Waals surface area contributed by atoms with Crippen molar-refractivity contribution >= 4 is 23.6 Å². The zero-order valence-corrected chi connectivity index (χ0v) is 16.9. The molecule has 2 amide bonds. The number of hydrogen-bond acceptors (Lipinski definition) is 5. The lowest BCUT2D eigenvalue weighted by Crippen LogP contribution is -2.46. The second kappa shape index (κ2) is 8.68. The Balaban J connectivity index is 1.92. The summed E-state index contributed by atoms with van der Waals surface area (Å²) in [6.45, 7) is 0. The van der Waals surface area contributed by atoms with Crippen LogP contribution in [-0.4, -0.2) is 46.2 Å². The van der Waals surface area contributed by atoms with Crippen LogP contribution in [0.3, 0.4) is 0 Å². The Morgan fingerprint density at radius 1 is 1.07 bits per heavy atom. The lowest BCUT2D eigenvalue weighted by molar-refractivity contribution is -0.124. The Bertz CT molecular complexity index is 929. The number of carbonyl (C=O) groups is 2. The van der Waals surface area contributed by atoms with E-state index in [9.17, 15) is 9.59 Å². The smallest absolute Gasteiger partial charge is 0.251 e. The highest BCUT2D eigenvalue weighted by atomic mass is 16.5. The average molecular weight is 396 g/mol. The van der Waals surface area contributed by atoms with Crippen LogP contribution in [0.25, 0.3) is 6.08 Å². The quantitative estimate of drug-likeness (QED) is 0.759. The Morgan fingerprint density at radius 2 is 1.72 bits per heavy atom. The fourth-order valence-electron chi connectivity index (χ4n) is 3.48. The summed E-state index contributed by atoms with van der Waals surface area (Å²) >= 11 is 0. The molecule has 3 rings (SSSR count). The molecule has 0 saturated heterocycles. The topological polar surface area (TPSA) is 77.1 Å². The molecule has 7 heteroatoms. The van der Waals surface area contributed by atoms with Crippen LogP contribution in [0.15, 0.2) is 42.5 Å². The first-order valence-corrected chi connectivity index (χ1v) is 9.14. The SMILES string of the molecule is CNC(=O)C1Cc2ccccc2N1C(=O)/C=C\c1cc(OC)c(OC)c(OC)c1. The number of benzene rings is 2. The maximum Gasteiger partial charge on any atom is 0.251 e. The summed E-state index contributed by atoms with van der Waals surface area (Å²) in [5.41, 5.74) is 2.42. The Hall–Kier alpha value is -3.48. The Kier molecular flexibility index (Phi) is 6.07. The first kappa shape index (κ1) is 20.3. The van der Waals surface area contributed by atoms with Crippen LogP contribution in [0.2, 0.25) is 0 Å². The van der Waals surface area contributed by atoms with Crippen molar-refractivity contribution in [1.29, 1.82) is 0 Å². The van der Waals surface area contributed by atoms with Gasteiger partial charge >= 0.3 is 0 Å². The third kappa shape index (κ3) is 3.89. The summed E-state index contributed by atoms with van der Waals surface area (Å²) in [5.74, 6) is 0.988. The van der Waals surface area contributed by atoms with Crippen LogP contribution in [0.4, 0.5) is 5.69 Å². The molecule has 0 bridgehead atoms. The van der Waals surface area contributed by atoms with E-state index >= 15 is 0 Å². The van der Waals surface area contributed by atoms with Gasteiger partial charge in [0.1, 0.15) is 6.04 Å². The van der Waals surface area contributed by atoms with Crippen molar-refractivity contribution in [2.24, 2.45) is 0 Å². The molecule has 0 aromatic heterocycles. The number of amides is 2. The Labute approximate surface area is 169 Å². The van der Waals surface area contributed by atoms with Gasteiger partial charge in [-0.3, -0.25) is 14.5 Å². The van der Waals surface area contributed by atoms with Gasteiger partial charge in [-0.2, -0.15) is 0 Å². The fourth-order valence-corrected chi connectivity index (χ4v) is 3.48. The minimum absolute atomic E-state index is 0.198. The number of rotatable bonds is 6. The molecule has 1 aliphatic heterocycles. The van der Waals surface area contributed by atoms with Crippen molar-refractivity contribution in [2.45, 2.75) is 12.5 Å². The van der Waals surface area contributed by atoms with Crippen LogP contribution in [-0.2, 0) is 16.0 Å². The number of anilines is 1. The van der Waals surface area contributed by atoms with Gasteiger partial charge in [-0.25, -0.2) is 0 Å². The van der Waals surface area contributed by atoms with E-state index in [1.54, 1.807) is 25.3 Å². The second-order valence-corrected chi connectivity index (χ2v) is 6.46. The summed E-state index contributed by atoms with van der Waals surface area (Å²) in [7, 11) is 6.17. The lowest BCUT2D eigenvalue weighted by atomic mass is 10.1. The minimum atomic E-state index is -0.575. The predicted octanol–water partition coefficient (Wildman–Crippen LogP) is 2.43. The number of hydrogen-bond donors (Lipinski definition) is 1. The standard InChI is InChI=1S/C22H24N2O5/c1-23-22(26)17-13-15-7-5-6-8-16(15)24(17)20(25)10-9-14-11-18(27-2)21(29-4)19(12-14)28-3/h5-12,17H,13H2,1-4H3,(H,23,26)/b10-9-. The van der Waals surface area contributed by atoms with Gasteiger partial charge in [0, 0.05) is 25.2 Å². The number of likely N-dealkylation sites (N-methyl/N-ethyl adjacent to an activating group) is 1. The number of para-hydroxylation sites is 1. The number of nitrogens with zero attached hydrogens (tertiary/aromatic N) is 1. The monoisotopic (exact) mass is 396 g/mol. The maximum absolute atomic E-state index is 13.0. The van der Waals surface area contributed by atoms with Crippen molar-refractivity contribution in [2.75, 3.05) is 33.3 Å². The van der Waals surface area contributed by atoms with Gasteiger partial charge in [0.15, 0.2) is 11.5 Å². The molecule has 1 heterocycles. The largest absolute Gasteiger partial charge is 0.493 e. The maximum atomic E-state index is 13.0. The number of methoxy groups -OCH3 is 3. The van der Waals surface area contributed by atoms with Crippen molar-refractivity contribution < 1.29 is 23.8 Å². The van der Waals surface area contributed by atoms with E-state index in [1.807, 2.05) is 24.3 Å². The van der Waals surface area contributed by atoms with Gasteiger partial charge in [-0.05, 0) is 35.4 Å². The van der Waals surface area contributed by atoms with E-state index in [0.29, 0.717) is 29.2 Å². The molecule has 0 spiro atoms. The number of nitrogens with one attached hydrogen (secondary N) is 1. The van der Waals surface area contributed by atoms with Gasteiger partial charge in [-0.1, -0.05) is 18.2 Å². The molecule has 2 aromatic carbocycles. The van der Waals surface area contributed by atoms with Gasteiger partial charge in [0.25, 0.3) is 5.91 Å². The van der Waals surface area contributed by atoms with Crippen LogP contribution in [0.5, 0.6) is 17.2 Å². The molecule has 152 valence electrons. The molecule has 1 N–H and O–H groups in total. The van der Waals surface area contributed by atoms with Crippen molar-refractivity contribution in [1.82, 2.24) is 5.32 Å². The lowest BCUT2D eigenvalue weighted by Gasteiger charge is -2.23. The predicted molar refractivity (Wildman–Crippen MR) is 111 cm³/mol. The normalized spacial score (nSPS) is 15.2. The third-order valence-corrected chi connectivity index (χ3v) is 4.87. The van der Waals surface area contributed by atoms with Crippen molar-refractivity contribution in [3.8, 4) is 17.2 Å². The number of carbonyl (C=O) groups excluding carboxylic acids is 2. The van der Waals surface area contributed by atoms with Crippen LogP contribution < -0.4 is 24.4 Å². The van der Waals surface area contributed by atoms with Gasteiger partial charge in [-0.15, -0.1) is 0 Å². The van der Waals surface area contributed by atoms with Crippen LogP contribution >= 0.6 is 0 Å². The summed E-state index contributed by atoms with van der Waals surface area (Å²) in [6, 6.07) is 10.5. The second-order valence-electron chi connectivity index (χ2n) is 6.46. The zero-order valence-electron chi connectivity index (χ0n) is 16.9. The van der Waals surface area contributed by atoms with Gasteiger partial charge in [0.2, 0.25) is 11.7 Å². The van der Waals surface area contributed by atoms with E-state index < -0.39 is 6.04 Å². The van der Waals surface area contributed by atoms with E-state index in [0.717, 1.165) is 11.3 Å². The molecule has 1 unspecified atom stereocenters. The minimum Gasteiger partial charge on any atom is -0.493 e. The first-order valence-electron chi connectivity index (χ1n) is 9.14. The first-order chi connectivity index (χ1) is 14.0. The zero-order chi connectivity index (χ0) is 21.0. The number of fused-ring (bicyclic) bond motifs is 1. The molecular formula is C22H24N2O5. The van der Waals surface area contributed by atoms with Crippen molar-refractivity contribution in [3.63, 3.8) is 0 Å². The van der Waals surface area contributed by atoms with E-state index in [1.165, 1.54) is 32.3 Å². The summed E-state index contributed by atoms with van der Waals surface area (Å²) in [6.07, 6.45) is 3.59. The molecule has 0 aliphatic carbocycles. The highest BCUT2D eigenvalue weighted by Gasteiger charge is 2.36. The molecule has 0 radical (unpaired) electrons. The Morgan fingerprint density at radius 3 is 2.31 bits per heavy atom. The van der Waals surface area contributed by atoms with Gasteiger partial charge < -0.3 is 19.5 Å². The van der Waals surface area contributed by atoms with E-state index in [4.69, 9.17) is 14.2 Å². The molecule has 2 aromatic rings.